The van der Waals surface area contributed by atoms with Gasteiger partial charge >= 0.3 is 0 Å². The lowest BCUT2D eigenvalue weighted by Gasteiger charge is -2.01. The van der Waals surface area contributed by atoms with Crippen LogP contribution in [0.15, 0.2) is 12.3 Å². The summed E-state index contributed by atoms with van der Waals surface area (Å²) in [5.41, 5.74) is 8.43. The lowest BCUT2D eigenvalue weighted by atomic mass is 10.2. The van der Waals surface area contributed by atoms with Crippen LogP contribution in [0.3, 0.4) is 0 Å². The second-order valence-corrected chi connectivity index (χ2v) is 3.53. The highest BCUT2D eigenvalue weighted by molar-refractivity contribution is 5.64. The van der Waals surface area contributed by atoms with Crippen LogP contribution >= 0.6 is 0 Å². The van der Waals surface area contributed by atoms with Crippen molar-refractivity contribution in [1.82, 2.24) is 14.6 Å². The molecule has 2 rings (SSSR count). The van der Waals surface area contributed by atoms with Gasteiger partial charge in [0, 0.05) is 12.6 Å². The van der Waals surface area contributed by atoms with Gasteiger partial charge in [0.15, 0.2) is 5.65 Å². The Balaban J connectivity index is 2.66. The first kappa shape index (κ1) is 8.99. The summed E-state index contributed by atoms with van der Waals surface area (Å²) in [5, 5.41) is 8.19. The standard InChI is InChI=1S/C10H14N4/c1-3-4-9-12-13-10-8(11)5-7(2)6-14(9)10/h5-6H,3-4,11H2,1-2H3. The number of hydrogen-bond donors (Lipinski definition) is 1. The molecular weight excluding hydrogens is 176 g/mol. The van der Waals surface area contributed by atoms with Crippen LogP contribution in [0.2, 0.25) is 0 Å². The summed E-state index contributed by atoms with van der Waals surface area (Å²) in [6.45, 7) is 4.14. The van der Waals surface area contributed by atoms with Crippen LogP contribution in [0.25, 0.3) is 5.65 Å². The number of nitrogens with zero attached hydrogens (tertiary/aromatic N) is 3. The van der Waals surface area contributed by atoms with Gasteiger partial charge in [0.1, 0.15) is 5.82 Å². The molecule has 4 nitrogen and oxygen atoms in total. The fourth-order valence-corrected chi connectivity index (χ4v) is 1.60. The number of pyridine rings is 1. The Morgan fingerprint density at radius 2 is 2.21 bits per heavy atom. The summed E-state index contributed by atoms with van der Waals surface area (Å²) in [5.74, 6) is 0.984. The minimum Gasteiger partial charge on any atom is -0.396 e. The first-order chi connectivity index (χ1) is 6.72. The number of nitrogen functional groups attached to an aromatic ring is 1. The number of nitrogens with two attached hydrogens (primary N) is 1. The maximum absolute atomic E-state index is 5.84. The van der Waals surface area contributed by atoms with Crippen LogP contribution < -0.4 is 5.73 Å². The molecule has 0 unspecified atom stereocenters. The van der Waals surface area contributed by atoms with Gasteiger partial charge in [-0.25, -0.2) is 0 Å². The molecule has 0 aliphatic rings. The van der Waals surface area contributed by atoms with Crippen LogP contribution in [0.5, 0.6) is 0 Å². The third-order valence-electron chi connectivity index (χ3n) is 2.21. The summed E-state index contributed by atoms with van der Waals surface area (Å²) >= 11 is 0. The third kappa shape index (κ3) is 1.32. The SMILES string of the molecule is CCCc1nnc2c(N)cc(C)cn12. The van der Waals surface area contributed by atoms with Gasteiger partial charge in [0.25, 0.3) is 0 Å². The molecule has 2 aromatic rings. The predicted octanol–water partition coefficient (Wildman–Crippen LogP) is 1.57. The normalized spacial score (nSPS) is 11.0. The van der Waals surface area contributed by atoms with Gasteiger partial charge in [0.05, 0.1) is 5.69 Å². The zero-order valence-corrected chi connectivity index (χ0v) is 8.49. The molecule has 0 radical (unpaired) electrons. The van der Waals surface area contributed by atoms with E-state index in [0.29, 0.717) is 5.69 Å². The van der Waals surface area contributed by atoms with Crippen molar-refractivity contribution in [2.45, 2.75) is 26.7 Å². The van der Waals surface area contributed by atoms with Crippen molar-refractivity contribution < 1.29 is 0 Å². The molecule has 0 aliphatic carbocycles. The van der Waals surface area contributed by atoms with Gasteiger partial charge in [-0.15, -0.1) is 10.2 Å². The molecule has 0 amide bonds. The lowest BCUT2D eigenvalue weighted by molar-refractivity contribution is 0.817. The van der Waals surface area contributed by atoms with E-state index in [4.69, 9.17) is 5.73 Å². The fraction of sp³-hybridized carbons (Fsp3) is 0.400. The summed E-state index contributed by atoms with van der Waals surface area (Å²) in [7, 11) is 0. The Morgan fingerprint density at radius 1 is 1.43 bits per heavy atom. The highest BCUT2D eigenvalue weighted by atomic mass is 15.2. The van der Waals surface area contributed by atoms with Crippen molar-refractivity contribution in [2.75, 3.05) is 5.73 Å². The van der Waals surface area contributed by atoms with Crippen LogP contribution in [-0.2, 0) is 6.42 Å². The molecule has 74 valence electrons. The first-order valence-corrected chi connectivity index (χ1v) is 4.82. The van der Waals surface area contributed by atoms with E-state index in [1.807, 2.05) is 23.6 Å². The van der Waals surface area contributed by atoms with Gasteiger partial charge < -0.3 is 5.73 Å². The Kier molecular flexibility index (Phi) is 2.11. The average molecular weight is 190 g/mol. The quantitative estimate of drug-likeness (QED) is 0.782. The van der Waals surface area contributed by atoms with Gasteiger partial charge in [-0.3, -0.25) is 4.40 Å². The Hall–Kier alpha value is -1.58. The Bertz CT molecular complexity index is 458. The summed E-state index contributed by atoms with van der Waals surface area (Å²) in [4.78, 5) is 0. The Labute approximate surface area is 82.8 Å². The third-order valence-corrected chi connectivity index (χ3v) is 2.21. The molecule has 2 aromatic heterocycles. The highest BCUT2D eigenvalue weighted by Crippen LogP contribution is 2.15. The summed E-state index contributed by atoms with van der Waals surface area (Å²) in [6.07, 6.45) is 4.02. The van der Waals surface area contributed by atoms with Crippen LogP contribution in [-0.4, -0.2) is 14.6 Å². The molecular formula is C10H14N4. The van der Waals surface area contributed by atoms with Gasteiger partial charge in [0.2, 0.25) is 0 Å². The van der Waals surface area contributed by atoms with E-state index < -0.39 is 0 Å². The van der Waals surface area contributed by atoms with E-state index in [1.54, 1.807) is 0 Å². The molecule has 14 heavy (non-hydrogen) atoms. The maximum Gasteiger partial charge on any atom is 0.184 e. The van der Waals surface area contributed by atoms with E-state index in [9.17, 15) is 0 Å². The van der Waals surface area contributed by atoms with Crippen LogP contribution in [0.1, 0.15) is 24.7 Å². The van der Waals surface area contributed by atoms with E-state index in [2.05, 4.69) is 17.1 Å². The number of aromatic nitrogens is 3. The molecule has 0 saturated carbocycles. The largest absolute Gasteiger partial charge is 0.396 e. The summed E-state index contributed by atoms with van der Waals surface area (Å²) < 4.78 is 1.98. The average Bonchev–Trinajstić information content (AvgIpc) is 2.49. The molecule has 0 fully saturated rings. The van der Waals surface area contributed by atoms with Crippen molar-refractivity contribution >= 4 is 11.3 Å². The first-order valence-electron chi connectivity index (χ1n) is 4.82. The molecule has 0 aliphatic heterocycles. The van der Waals surface area contributed by atoms with Crippen molar-refractivity contribution in [3.05, 3.63) is 23.7 Å². The van der Waals surface area contributed by atoms with E-state index >= 15 is 0 Å². The maximum atomic E-state index is 5.84. The molecule has 0 bridgehead atoms. The van der Waals surface area contributed by atoms with Crippen LogP contribution in [0.4, 0.5) is 5.69 Å². The second kappa shape index (κ2) is 3.29. The minimum absolute atomic E-state index is 0.694. The van der Waals surface area contributed by atoms with Crippen LogP contribution in [0, 0.1) is 6.92 Å². The molecule has 0 spiro atoms. The van der Waals surface area contributed by atoms with Crippen molar-refractivity contribution in [1.29, 1.82) is 0 Å². The number of rotatable bonds is 2. The van der Waals surface area contributed by atoms with Crippen molar-refractivity contribution in [2.24, 2.45) is 0 Å². The Morgan fingerprint density at radius 3 is 2.93 bits per heavy atom. The number of aryl methyl sites for hydroxylation is 2. The monoisotopic (exact) mass is 190 g/mol. The highest BCUT2D eigenvalue weighted by Gasteiger charge is 2.07. The topological polar surface area (TPSA) is 56.2 Å². The van der Waals surface area contributed by atoms with E-state index in [1.165, 1.54) is 0 Å². The minimum atomic E-state index is 0.694. The zero-order valence-electron chi connectivity index (χ0n) is 8.49. The second-order valence-electron chi connectivity index (χ2n) is 3.53. The van der Waals surface area contributed by atoms with E-state index in [0.717, 1.165) is 29.9 Å². The number of fused-ring (bicyclic) bond motifs is 1. The molecule has 2 N–H and O–H groups in total. The van der Waals surface area contributed by atoms with Crippen molar-refractivity contribution in [3.8, 4) is 0 Å². The van der Waals surface area contributed by atoms with Gasteiger partial charge in [-0.2, -0.15) is 0 Å². The lowest BCUT2D eigenvalue weighted by Crippen LogP contribution is -1.97. The molecule has 0 saturated heterocycles. The summed E-state index contributed by atoms with van der Waals surface area (Å²) in [6, 6.07) is 1.92. The fourth-order valence-electron chi connectivity index (χ4n) is 1.60. The molecule has 0 atom stereocenters. The van der Waals surface area contributed by atoms with E-state index in [-0.39, 0.29) is 0 Å². The zero-order chi connectivity index (χ0) is 10.1. The molecule has 2 heterocycles. The molecule has 0 aromatic carbocycles. The smallest absolute Gasteiger partial charge is 0.184 e. The van der Waals surface area contributed by atoms with Gasteiger partial charge in [-0.05, 0) is 25.0 Å². The number of anilines is 1. The van der Waals surface area contributed by atoms with Gasteiger partial charge in [-0.1, -0.05) is 6.92 Å². The number of hydrogen-bond acceptors (Lipinski definition) is 3. The van der Waals surface area contributed by atoms with Crippen molar-refractivity contribution in [3.63, 3.8) is 0 Å². The predicted molar refractivity (Wildman–Crippen MR) is 56.1 cm³/mol. The molecule has 4 heteroatoms.